The Labute approximate surface area is 129 Å². The van der Waals surface area contributed by atoms with Gasteiger partial charge >= 0.3 is 0 Å². The Bertz CT molecular complexity index is 602. The Morgan fingerprint density at radius 1 is 1.40 bits per heavy atom. The van der Waals surface area contributed by atoms with Crippen LogP contribution in [0.3, 0.4) is 0 Å². The van der Waals surface area contributed by atoms with E-state index in [1.807, 2.05) is 41.8 Å². The molecule has 104 valence electrons. The van der Waals surface area contributed by atoms with Gasteiger partial charge in [-0.05, 0) is 27.6 Å². The number of thiophene rings is 1. The summed E-state index contributed by atoms with van der Waals surface area (Å²) in [6.45, 7) is 0.687. The molecule has 1 amide bonds. The Balaban J connectivity index is 1.71. The molecule has 0 saturated carbocycles. The number of nitrogens with zero attached hydrogens (tertiary/aromatic N) is 1. The van der Waals surface area contributed by atoms with Crippen LogP contribution in [-0.2, 0) is 16.2 Å². The summed E-state index contributed by atoms with van der Waals surface area (Å²) in [4.78, 5) is 18.7. The average molecular weight is 353 g/mol. The maximum Gasteiger partial charge on any atom is 0.262 e. The zero-order valence-electron chi connectivity index (χ0n) is 10.6. The summed E-state index contributed by atoms with van der Waals surface area (Å²) in [5.41, 5.74) is 1.04. The minimum Gasteiger partial charge on any atom is -0.282 e. The Kier molecular flexibility index (Phi) is 4.16. The summed E-state index contributed by atoms with van der Waals surface area (Å²) in [5, 5.41) is 6.59. The van der Waals surface area contributed by atoms with Crippen molar-refractivity contribution in [3.63, 3.8) is 0 Å². The summed E-state index contributed by atoms with van der Waals surface area (Å²) in [7, 11) is 0. The van der Waals surface area contributed by atoms with Crippen molar-refractivity contribution in [2.24, 2.45) is 0 Å². The fraction of sp³-hybridized carbons (Fsp3) is 0.214. The van der Waals surface area contributed by atoms with Gasteiger partial charge in [0.05, 0.1) is 6.54 Å². The molecule has 1 aliphatic heterocycles. The molecule has 0 bridgehead atoms. The number of benzene rings is 1. The van der Waals surface area contributed by atoms with Gasteiger partial charge in [-0.3, -0.25) is 14.9 Å². The maximum atomic E-state index is 11.9. The lowest BCUT2D eigenvalue weighted by molar-refractivity contribution is -0.196. The molecule has 0 radical (unpaired) electrons. The van der Waals surface area contributed by atoms with E-state index >= 15 is 0 Å². The van der Waals surface area contributed by atoms with Crippen molar-refractivity contribution >= 4 is 33.2 Å². The zero-order chi connectivity index (χ0) is 13.9. The van der Waals surface area contributed by atoms with Crippen molar-refractivity contribution in [3.8, 4) is 0 Å². The molecule has 1 unspecified atom stereocenters. The third-order valence-electron chi connectivity index (χ3n) is 3.00. The molecule has 4 nitrogen and oxygen atoms in total. The lowest BCUT2D eigenvalue weighted by Crippen LogP contribution is -2.29. The van der Waals surface area contributed by atoms with Gasteiger partial charge in [-0.1, -0.05) is 30.3 Å². The van der Waals surface area contributed by atoms with E-state index in [4.69, 9.17) is 4.84 Å². The van der Waals surface area contributed by atoms with Crippen LogP contribution in [-0.4, -0.2) is 17.5 Å². The Morgan fingerprint density at radius 2 is 2.20 bits per heavy atom. The zero-order valence-corrected chi connectivity index (χ0v) is 13.0. The molecule has 1 aromatic heterocycles. The second-order valence-electron chi connectivity index (χ2n) is 4.43. The Morgan fingerprint density at radius 3 is 2.90 bits per heavy atom. The van der Waals surface area contributed by atoms with E-state index in [0.29, 0.717) is 13.2 Å². The van der Waals surface area contributed by atoms with Crippen LogP contribution in [0.25, 0.3) is 0 Å². The number of nitrogens with one attached hydrogen (secondary N) is 1. The van der Waals surface area contributed by atoms with Gasteiger partial charge in [0.2, 0.25) is 0 Å². The van der Waals surface area contributed by atoms with Crippen LogP contribution < -0.4 is 5.32 Å². The van der Waals surface area contributed by atoms with Crippen molar-refractivity contribution in [3.05, 3.63) is 56.7 Å². The van der Waals surface area contributed by atoms with Crippen molar-refractivity contribution < 1.29 is 9.63 Å². The fourth-order valence-corrected chi connectivity index (χ4v) is 3.54. The highest BCUT2D eigenvalue weighted by molar-refractivity contribution is 9.10. The van der Waals surface area contributed by atoms with E-state index in [9.17, 15) is 4.79 Å². The highest BCUT2D eigenvalue weighted by Gasteiger charge is 2.33. The van der Waals surface area contributed by atoms with Gasteiger partial charge in [0.1, 0.15) is 12.8 Å². The first-order valence-corrected chi connectivity index (χ1v) is 7.87. The van der Waals surface area contributed by atoms with Crippen molar-refractivity contribution in [1.29, 1.82) is 0 Å². The van der Waals surface area contributed by atoms with E-state index in [2.05, 4.69) is 21.2 Å². The maximum absolute atomic E-state index is 11.9. The summed E-state index contributed by atoms with van der Waals surface area (Å²) >= 11 is 5.02. The van der Waals surface area contributed by atoms with Crippen LogP contribution in [0.2, 0.25) is 0 Å². The van der Waals surface area contributed by atoms with Gasteiger partial charge in [-0.2, -0.15) is 5.06 Å². The SMILES string of the molecule is O=C1CNC(c2cc(Br)cs2)N1OCc1ccccc1. The average Bonchev–Trinajstić information content (AvgIpc) is 3.04. The topological polar surface area (TPSA) is 41.6 Å². The number of carbonyl (C=O) groups is 1. The molecule has 2 heterocycles. The van der Waals surface area contributed by atoms with E-state index < -0.39 is 0 Å². The first-order chi connectivity index (χ1) is 9.74. The van der Waals surface area contributed by atoms with E-state index in [-0.39, 0.29) is 12.1 Å². The second-order valence-corrected chi connectivity index (χ2v) is 6.29. The molecule has 1 N–H and O–H groups in total. The molecular formula is C14H13BrN2O2S. The minimum absolute atomic E-state index is 0.0459. The largest absolute Gasteiger partial charge is 0.282 e. The molecule has 1 aromatic carbocycles. The molecule has 1 saturated heterocycles. The molecular weight excluding hydrogens is 340 g/mol. The van der Waals surface area contributed by atoms with Crippen molar-refractivity contribution in [2.75, 3.05) is 6.54 Å². The van der Waals surface area contributed by atoms with Crippen LogP contribution >= 0.6 is 27.3 Å². The number of hydroxylamine groups is 2. The summed E-state index contributed by atoms with van der Waals surface area (Å²) in [5.74, 6) is -0.0459. The third kappa shape index (κ3) is 2.93. The quantitative estimate of drug-likeness (QED) is 0.919. The molecule has 0 spiro atoms. The molecule has 20 heavy (non-hydrogen) atoms. The van der Waals surface area contributed by atoms with E-state index in [1.54, 1.807) is 11.3 Å². The van der Waals surface area contributed by atoms with Crippen LogP contribution in [0, 0.1) is 0 Å². The van der Waals surface area contributed by atoms with E-state index in [0.717, 1.165) is 14.9 Å². The lowest BCUT2D eigenvalue weighted by Gasteiger charge is -2.22. The highest BCUT2D eigenvalue weighted by atomic mass is 79.9. The van der Waals surface area contributed by atoms with Gasteiger partial charge in [0, 0.05) is 14.7 Å². The molecule has 1 atom stereocenters. The molecule has 2 aromatic rings. The van der Waals surface area contributed by atoms with E-state index in [1.165, 1.54) is 5.06 Å². The van der Waals surface area contributed by atoms with Crippen LogP contribution in [0.5, 0.6) is 0 Å². The number of hydrogen-bond donors (Lipinski definition) is 1. The minimum atomic E-state index is -0.206. The Hall–Kier alpha value is -1.21. The first-order valence-electron chi connectivity index (χ1n) is 6.20. The molecule has 0 aliphatic carbocycles. The van der Waals surface area contributed by atoms with Crippen LogP contribution in [0.4, 0.5) is 0 Å². The van der Waals surface area contributed by atoms with Crippen molar-refractivity contribution in [1.82, 2.24) is 10.4 Å². The van der Waals surface area contributed by atoms with Crippen LogP contribution in [0.1, 0.15) is 16.6 Å². The number of halogens is 1. The monoisotopic (exact) mass is 352 g/mol. The molecule has 1 aliphatic rings. The number of hydrogen-bond acceptors (Lipinski definition) is 4. The van der Waals surface area contributed by atoms with Gasteiger partial charge in [0.25, 0.3) is 5.91 Å². The molecule has 1 fully saturated rings. The van der Waals surface area contributed by atoms with Gasteiger partial charge in [-0.25, -0.2) is 0 Å². The normalized spacial score (nSPS) is 18.8. The highest BCUT2D eigenvalue weighted by Crippen LogP contribution is 2.30. The van der Waals surface area contributed by atoms with Gasteiger partial charge in [0.15, 0.2) is 0 Å². The number of rotatable bonds is 4. The summed E-state index contributed by atoms with van der Waals surface area (Å²) in [6.07, 6.45) is -0.206. The van der Waals surface area contributed by atoms with Gasteiger partial charge < -0.3 is 0 Å². The number of carbonyl (C=O) groups excluding carboxylic acids is 1. The first kappa shape index (κ1) is 13.8. The lowest BCUT2D eigenvalue weighted by atomic mass is 10.2. The standard InChI is InChI=1S/C14H13BrN2O2S/c15-11-6-12(20-9-11)14-16-7-13(18)17(14)19-8-10-4-2-1-3-5-10/h1-6,9,14,16H,7-8H2. The third-order valence-corrected chi connectivity index (χ3v) is 4.74. The van der Waals surface area contributed by atoms with Crippen LogP contribution in [0.15, 0.2) is 46.3 Å². The smallest absolute Gasteiger partial charge is 0.262 e. The fourth-order valence-electron chi connectivity index (χ4n) is 2.04. The van der Waals surface area contributed by atoms with Gasteiger partial charge in [-0.15, -0.1) is 11.3 Å². The number of amides is 1. The predicted molar refractivity (Wildman–Crippen MR) is 80.8 cm³/mol. The predicted octanol–water partition coefficient (Wildman–Crippen LogP) is 3.07. The molecule has 6 heteroatoms. The summed E-state index contributed by atoms with van der Waals surface area (Å²) in [6, 6.07) is 11.8. The second kappa shape index (κ2) is 6.05. The summed E-state index contributed by atoms with van der Waals surface area (Å²) < 4.78 is 1.02. The van der Waals surface area contributed by atoms with Crippen molar-refractivity contribution in [2.45, 2.75) is 12.8 Å². The molecule has 3 rings (SSSR count).